The number of fused-ring (bicyclic) bond motifs is 1. The molecule has 1 aromatic carbocycles. The molecule has 130 valence electrons. The van der Waals surface area contributed by atoms with Crippen molar-refractivity contribution in [3.8, 4) is 5.75 Å². The van der Waals surface area contributed by atoms with E-state index >= 15 is 0 Å². The van der Waals surface area contributed by atoms with Crippen LogP contribution in [0, 0.1) is 0 Å². The van der Waals surface area contributed by atoms with Gasteiger partial charge in [-0.1, -0.05) is 12.5 Å². The number of carboxylic acid groups (broad SMARTS) is 1. The Morgan fingerprint density at radius 2 is 2.08 bits per heavy atom. The highest BCUT2D eigenvalue weighted by molar-refractivity contribution is 7.92. The number of aliphatic carboxylic acids is 1. The number of carbonyl (C=O) groups excluding carboxylic acids is 1. The molecule has 8 heteroatoms. The lowest BCUT2D eigenvalue weighted by Gasteiger charge is -2.23. The monoisotopic (exact) mass is 353 g/mol. The standard InChI is InChI=1S/C16H19NO6S/c18-15(13-3-1-2-8-24(13,21)22)17-14(16(19)20)11-4-5-12-10(9-11)6-7-23-12/h4-5,9,13-14H,1-3,6-8H2,(H,17,18)(H,19,20). The van der Waals surface area contributed by atoms with E-state index in [0.29, 0.717) is 37.2 Å². The van der Waals surface area contributed by atoms with Crippen molar-refractivity contribution in [2.45, 2.75) is 37.0 Å². The zero-order chi connectivity index (χ0) is 17.3. The second-order valence-corrected chi connectivity index (χ2v) is 8.40. The Bertz CT molecular complexity index is 773. The normalized spacial score (nSPS) is 22.9. The fourth-order valence-electron chi connectivity index (χ4n) is 3.16. The van der Waals surface area contributed by atoms with Crippen LogP contribution in [0.15, 0.2) is 18.2 Å². The number of ether oxygens (including phenoxy) is 1. The van der Waals surface area contributed by atoms with Crippen LogP contribution < -0.4 is 10.1 Å². The smallest absolute Gasteiger partial charge is 0.330 e. The Labute approximate surface area is 139 Å². The number of benzene rings is 1. The minimum Gasteiger partial charge on any atom is -0.493 e. The van der Waals surface area contributed by atoms with Crippen molar-refractivity contribution in [3.63, 3.8) is 0 Å². The Morgan fingerprint density at radius 3 is 2.79 bits per heavy atom. The van der Waals surface area contributed by atoms with Gasteiger partial charge in [0, 0.05) is 6.42 Å². The van der Waals surface area contributed by atoms with Crippen molar-refractivity contribution in [2.24, 2.45) is 0 Å². The molecule has 1 amide bonds. The maximum atomic E-state index is 12.4. The van der Waals surface area contributed by atoms with Gasteiger partial charge >= 0.3 is 5.97 Å². The van der Waals surface area contributed by atoms with Crippen LogP contribution in [0.5, 0.6) is 5.75 Å². The van der Waals surface area contributed by atoms with Gasteiger partial charge in [-0.15, -0.1) is 0 Å². The van der Waals surface area contributed by atoms with E-state index in [1.807, 2.05) is 0 Å². The third kappa shape index (κ3) is 3.24. The number of hydrogen-bond donors (Lipinski definition) is 2. The Kier molecular flexibility index (Phi) is 4.49. The number of carboxylic acids is 1. The van der Waals surface area contributed by atoms with Crippen LogP contribution in [0.3, 0.4) is 0 Å². The molecule has 1 fully saturated rings. The SMILES string of the molecule is O=C(O)C(NC(=O)C1CCCCS1(=O)=O)c1ccc2c(c1)CCO2. The molecule has 24 heavy (non-hydrogen) atoms. The first-order valence-electron chi connectivity index (χ1n) is 7.89. The Hall–Kier alpha value is -2.09. The van der Waals surface area contributed by atoms with Crippen molar-refractivity contribution >= 4 is 21.7 Å². The lowest BCUT2D eigenvalue weighted by Crippen LogP contribution is -2.45. The van der Waals surface area contributed by atoms with E-state index in [9.17, 15) is 23.1 Å². The van der Waals surface area contributed by atoms with Crippen molar-refractivity contribution < 1.29 is 27.9 Å². The molecule has 0 saturated carbocycles. The zero-order valence-electron chi connectivity index (χ0n) is 13.0. The van der Waals surface area contributed by atoms with Crippen molar-refractivity contribution in [2.75, 3.05) is 12.4 Å². The van der Waals surface area contributed by atoms with Gasteiger partial charge < -0.3 is 15.2 Å². The molecule has 0 spiro atoms. The third-order valence-electron chi connectivity index (χ3n) is 4.45. The average Bonchev–Trinajstić information content (AvgIpc) is 2.99. The summed E-state index contributed by atoms with van der Waals surface area (Å²) in [5.41, 5.74) is 1.30. The predicted molar refractivity (Wildman–Crippen MR) is 85.6 cm³/mol. The van der Waals surface area contributed by atoms with Gasteiger partial charge in [0.15, 0.2) is 15.9 Å². The number of nitrogens with one attached hydrogen (secondary N) is 1. The minimum atomic E-state index is -3.51. The quantitative estimate of drug-likeness (QED) is 0.830. The fraction of sp³-hybridized carbons (Fsp3) is 0.500. The van der Waals surface area contributed by atoms with Gasteiger partial charge in [-0.25, -0.2) is 13.2 Å². The molecule has 0 bridgehead atoms. The van der Waals surface area contributed by atoms with E-state index < -0.39 is 33.0 Å². The molecule has 2 atom stereocenters. The molecule has 2 heterocycles. The number of hydrogen-bond acceptors (Lipinski definition) is 5. The van der Waals surface area contributed by atoms with Gasteiger partial charge in [0.05, 0.1) is 12.4 Å². The number of rotatable bonds is 4. The van der Waals surface area contributed by atoms with Crippen molar-refractivity contribution in [3.05, 3.63) is 29.3 Å². The van der Waals surface area contributed by atoms with Crippen LogP contribution >= 0.6 is 0 Å². The van der Waals surface area contributed by atoms with Gasteiger partial charge in [0.1, 0.15) is 11.0 Å². The molecule has 0 aromatic heterocycles. The summed E-state index contributed by atoms with van der Waals surface area (Å²) in [4.78, 5) is 23.9. The van der Waals surface area contributed by atoms with Gasteiger partial charge in [0.2, 0.25) is 5.91 Å². The van der Waals surface area contributed by atoms with Crippen LogP contribution in [-0.2, 0) is 25.8 Å². The molecule has 1 aromatic rings. The molecule has 2 aliphatic rings. The van der Waals surface area contributed by atoms with Gasteiger partial charge in [-0.3, -0.25) is 4.79 Å². The highest BCUT2D eigenvalue weighted by Crippen LogP contribution is 2.29. The van der Waals surface area contributed by atoms with E-state index in [1.165, 1.54) is 0 Å². The first-order valence-corrected chi connectivity index (χ1v) is 9.60. The molecule has 3 rings (SSSR count). The topological polar surface area (TPSA) is 110 Å². The maximum Gasteiger partial charge on any atom is 0.330 e. The van der Waals surface area contributed by atoms with Gasteiger partial charge in [0.25, 0.3) is 0 Å². The van der Waals surface area contributed by atoms with Crippen molar-refractivity contribution in [1.82, 2.24) is 5.32 Å². The molecular formula is C16H19NO6S. The molecule has 1 saturated heterocycles. The molecule has 2 aliphatic heterocycles. The fourth-order valence-corrected chi connectivity index (χ4v) is 4.97. The summed E-state index contributed by atoms with van der Waals surface area (Å²) in [6, 6.07) is 3.67. The zero-order valence-corrected chi connectivity index (χ0v) is 13.8. The van der Waals surface area contributed by atoms with Crippen molar-refractivity contribution in [1.29, 1.82) is 0 Å². The average molecular weight is 353 g/mol. The molecule has 2 N–H and O–H groups in total. The number of sulfone groups is 1. The van der Waals surface area contributed by atoms with Gasteiger partial charge in [-0.05, 0) is 36.1 Å². The number of amides is 1. The molecular weight excluding hydrogens is 334 g/mol. The Balaban J connectivity index is 1.82. The summed E-state index contributed by atoms with van der Waals surface area (Å²) < 4.78 is 29.5. The molecule has 0 aliphatic carbocycles. The third-order valence-corrected chi connectivity index (χ3v) is 6.63. The summed E-state index contributed by atoms with van der Waals surface area (Å²) >= 11 is 0. The Morgan fingerprint density at radius 1 is 1.29 bits per heavy atom. The van der Waals surface area contributed by atoms with E-state index in [2.05, 4.69) is 5.32 Å². The van der Waals surface area contributed by atoms with Crippen LogP contribution in [0.4, 0.5) is 0 Å². The summed E-state index contributed by atoms with van der Waals surface area (Å²) in [6.07, 6.45) is 2.10. The summed E-state index contributed by atoms with van der Waals surface area (Å²) in [5, 5.41) is 10.7. The second-order valence-electron chi connectivity index (χ2n) is 6.10. The number of carbonyl (C=O) groups is 2. The van der Waals surface area contributed by atoms with E-state index in [1.54, 1.807) is 18.2 Å². The maximum absolute atomic E-state index is 12.4. The highest BCUT2D eigenvalue weighted by Gasteiger charge is 2.37. The van der Waals surface area contributed by atoms with Crippen LogP contribution in [-0.4, -0.2) is 43.0 Å². The van der Waals surface area contributed by atoms with Gasteiger partial charge in [-0.2, -0.15) is 0 Å². The summed E-state index contributed by atoms with van der Waals surface area (Å²) in [6.45, 7) is 0.545. The van der Waals surface area contributed by atoms with Crippen LogP contribution in [0.25, 0.3) is 0 Å². The first-order chi connectivity index (χ1) is 11.4. The van der Waals surface area contributed by atoms with Crippen LogP contribution in [0.2, 0.25) is 0 Å². The predicted octanol–water partition coefficient (Wildman–Crippen LogP) is 0.831. The highest BCUT2D eigenvalue weighted by atomic mass is 32.2. The lowest BCUT2D eigenvalue weighted by atomic mass is 10.0. The van der Waals surface area contributed by atoms with E-state index in [4.69, 9.17) is 4.74 Å². The van der Waals surface area contributed by atoms with E-state index in [0.717, 1.165) is 5.56 Å². The molecule has 0 radical (unpaired) electrons. The minimum absolute atomic E-state index is 0.0288. The van der Waals surface area contributed by atoms with Crippen LogP contribution in [0.1, 0.15) is 36.4 Å². The first kappa shape index (κ1) is 16.8. The summed E-state index contributed by atoms with van der Waals surface area (Å²) in [5.74, 6) is -1.28. The molecule has 2 unspecified atom stereocenters. The van der Waals surface area contributed by atoms with E-state index in [-0.39, 0.29) is 12.2 Å². The largest absolute Gasteiger partial charge is 0.493 e. The lowest BCUT2D eigenvalue weighted by molar-refractivity contribution is -0.142. The molecule has 7 nitrogen and oxygen atoms in total. The second kappa shape index (κ2) is 6.43. The summed E-state index contributed by atoms with van der Waals surface area (Å²) in [7, 11) is -3.51.